The maximum absolute atomic E-state index is 12.0. The van der Waals surface area contributed by atoms with Crippen molar-refractivity contribution in [3.8, 4) is 0 Å². The average Bonchev–Trinajstić information content (AvgIpc) is 2.51. The van der Waals surface area contributed by atoms with Crippen LogP contribution in [-0.2, 0) is 4.74 Å². The zero-order chi connectivity index (χ0) is 17.7. The fourth-order valence-electron chi connectivity index (χ4n) is 1.81. The molecule has 0 saturated heterocycles. The van der Waals surface area contributed by atoms with Gasteiger partial charge in [0.1, 0.15) is 6.61 Å². The molecule has 0 bridgehead atoms. The molecule has 0 saturated carbocycles. The van der Waals surface area contributed by atoms with Crippen molar-refractivity contribution >= 4 is 58.3 Å². The molecule has 1 amide bonds. The highest BCUT2D eigenvalue weighted by molar-refractivity contribution is 6.37. The summed E-state index contributed by atoms with van der Waals surface area (Å²) in [5.74, 6) is -0.993. The Bertz CT molecular complexity index is 714. The predicted octanol–water partition coefficient (Wildman–Crippen LogP) is 4.89. The van der Waals surface area contributed by atoms with Gasteiger partial charge in [-0.2, -0.15) is 0 Å². The Balaban J connectivity index is 1.84. The maximum atomic E-state index is 12.0. The number of hydrogen-bond donors (Lipinski definition) is 1. The van der Waals surface area contributed by atoms with Gasteiger partial charge in [-0.25, -0.2) is 4.79 Å². The summed E-state index contributed by atoms with van der Waals surface area (Å²) in [5.41, 5.74) is 0.487. The largest absolute Gasteiger partial charge is 0.460 e. The van der Waals surface area contributed by atoms with Crippen LogP contribution in [-0.4, -0.2) is 25.0 Å². The number of esters is 1. The van der Waals surface area contributed by atoms with E-state index >= 15 is 0 Å². The lowest BCUT2D eigenvalue weighted by atomic mass is 10.2. The number of hydrogen-bond acceptors (Lipinski definition) is 3. The number of halogens is 4. The number of carbonyl (C=O) groups excluding carboxylic acids is 2. The lowest BCUT2D eigenvalue weighted by Gasteiger charge is -2.09. The Morgan fingerprint density at radius 1 is 0.875 bits per heavy atom. The molecule has 0 spiro atoms. The van der Waals surface area contributed by atoms with Gasteiger partial charge in [0.05, 0.1) is 27.7 Å². The third-order valence-corrected chi connectivity index (χ3v) is 4.04. The van der Waals surface area contributed by atoms with Crippen molar-refractivity contribution in [2.45, 2.75) is 0 Å². The zero-order valence-corrected chi connectivity index (χ0v) is 15.1. The van der Waals surface area contributed by atoms with E-state index in [1.165, 1.54) is 30.3 Å². The molecule has 0 heterocycles. The molecule has 0 radical (unpaired) electrons. The molecule has 0 unspecified atom stereocenters. The lowest BCUT2D eigenvalue weighted by molar-refractivity contribution is 0.0503. The van der Waals surface area contributed by atoms with Crippen molar-refractivity contribution in [3.05, 3.63) is 67.6 Å². The van der Waals surface area contributed by atoms with Crippen molar-refractivity contribution < 1.29 is 14.3 Å². The third-order valence-electron chi connectivity index (χ3n) is 2.95. The highest BCUT2D eigenvalue weighted by atomic mass is 35.5. The van der Waals surface area contributed by atoms with Crippen LogP contribution in [0.1, 0.15) is 20.7 Å². The summed E-state index contributed by atoms with van der Waals surface area (Å²) in [6.07, 6.45) is 0. The molecule has 2 rings (SSSR count). The second kappa shape index (κ2) is 8.58. The quantitative estimate of drug-likeness (QED) is 0.568. The predicted molar refractivity (Wildman–Crippen MR) is 95.5 cm³/mol. The molecule has 0 fully saturated rings. The lowest BCUT2D eigenvalue weighted by Crippen LogP contribution is -2.28. The van der Waals surface area contributed by atoms with Gasteiger partial charge in [-0.05, 0) is 36.4 Å². The Kier molecular flexibility index (Phi) is 6.75. The Hall–Kier alpha value is -1.46. The van der Waals surface area contributed by atoms with Gasteiger partial charge in [0.25, 0.3) is 5.91 Å². The molecule has 1 N–H and O–H groups in total. The van der Waals surface area contributed by atoms with Gasteiger partial charge >= 0.3 is 5.97 Å². The molecular formula is C16H11Cl4NO3. The van der Waals surface area contributed by atoms with Gasteiger partial charge in [-0.3, -0.25) is 4.79 Å². The molecule has 24 heavy (non-hydrogen) atoms. The highest BCUT2D eigenvalue weighted by Crippen LogP contribution is 2.22. The van der Waals surface area contributed by atoms with E-state index in [-0.39, 0.29) is 34.3 Å². The monoisotopic (exact) mass is 405 g/mol. The van der Waals surface area contributed by atoms with Gasteiger partial charge in [0, 0.05) is 10.0 Å². The van der Waals surface area contributed by atoms with E-state index in [1.807, 2.05) is 0 Å². The Labute approximate surface area is 158 Å². The molecule has 0 atom stereocenters. The summed E-state index contributed by atoms with van der Waals surface area (Å²) in [5, 5.41) is 3.89. The SMILES string of the molecule is O=C(NCCOC(=O)c1ccc(Cl)cc1Cl)c1ccc(Cl)cc1Cl. The van der Waals surface area contributed by atoms with Crippen LogP contribution in [0.2, 0.25) is 20.1 Å². The smallest absolute Gasteiger partial charge is 0.339 e. The first-order valence-corrected chi connectivity index (χ1v) is 8.25. The van der Waals surface area contributed by atoms with Gasteiger partial charge < -0.3 is 10.1 Å². The number of carbonyl (C=O) groups is 2. The van der Waals surface area contributed by atoms with Crippen molar-refractivity contribution in [2.75, 3.05) is 13.2 Å². The van der Waals surface area contributed by atoms with Crippen LogP contribution in [0.15, 0.2) is 36.4 Å². The molecule has 2 aromatic rings. The van der Waals surface area contributed by atoms with E-state index < -0.39 is 11.9 Å². The van der Waals surface area contributed by atoms with E-state index in [0.717, 1.165) is 0 Å². The van der Waals surface area contributed by atoms with Gasteiger partial charge in [0.2, 0.25) is 0 Å². The summed E-state index contributed by atoms with van der Waals surface area (Å²) in [6, 6.07) is 9.00. The van der Waals surface area contributed by atoms with Gasteiger partial charge in [-0.1, -0.05) is 46.4 Å². The first-order valence-electron chi connectivity index (χ1n) is 6.74. The Morgan fingerprint density at radius 2 is 1.42 bits per heavy atom. The molecule has 8 heteroatoms. The van der Waals surface area contributed by atoms with E-state index in [4.69, 9.17) is 51.1 Å². The number of rotatable bonds is 5. The second-order valence-corrected chi connectivity index (χ2v) is 6.33. The first kappa shape index (κ1) is 18.9. The summed E-state index contributed by atoms with van der Waals surface area (Å²) in [7, 11) is 0. The molecule has 2 aromatic carbocycles. The van der Waals surface area contributed by atoms with Crippen LogP contribution >= 0.6 is 46.4 Å². The summed E-state index contributed by atoms with van der Waals surface area (Å²) in [4.78, 5) is 23.9. The first-order chi connectivity index (χ1) is 11.4. The maximum Gasteiger partial charge on any atom is 0.339 e. The zero-order valence-electron chi connectivity index (χ0n) is 12.1. The Morgan fingerprint density at radius 3 is 1.96 bits per heavy atom. The number of benzene rings is 2. The highest BCUT2D eigenvalue weighted by Gasteiger charge is 2.13. The summed E-state index contributed by atoms with van der Waals surface area (Å²) < 4.78 is 5.05. The van der Waals surface area contributed by atoms with Crippen molar-refractivity contribution in [3.63, 3.8) is 0 Å². The van der Waals surface area contributed by atoms with E-state index in [1.54, 1.807) is 6.07 Å². The van der Waals surface area contributed by atoms with E-state index in [0.29, 0.717) is 10.0 Å². The summed E-state index contributed by atoms with van der Waals surface area (Å²) >= 11 is 23.4. The minimum Gasteiger partial charge on any atom is -0.460 e. The molecule has 126 valence electrons. The van der Waals surface area contributed by atoms with Crippen LogP contribution in [0.4, 0.5) is 0 Å². The molecular weight excluding hydrogens is 396 g/mol. The van der Waals surface area contributed by atoms with Crippen LogP contribution in [0.3, 0.4) is 0 Å². The van der Waals surface area contributed by atoms with E-state index in [2.05, 4.69) is 5.32 Å². The van der Waals surface area contributed by atoms with Crippen molar-refractivity contribution in [2.24, 2.45) is 0 Å². The van der Waals surface area contributed by atoms with Crippen LogP contribution < -0.4 is 5.32 Å². The van der Waals surface area contributed by atoms with Gasteiger partial charge in [-0.15, -0.1) is 0 Å². The minimum atomic E-state index is -0.601. The fourth-order valence-corrected chi connectivity index (χ4v) is 2.79. The minimum absolute atomic E-state index is 0.0191. The van der Waals surface area contributed by atoms with Crippen molar-refractivity contribution in [1.29, 1.82) is 0 Å². The molecule has 0 aliphatic heterocycles. The molecule has 0 aliphatic carbocycles. The standard InChI is InChI=1S/C16H11Cl4NO3/c17-9-1-3-11(13(19)7-9)15(22)21-5-6-24-16(23)12-4-2-10(18)8-14(12)20/h1-4,7-8H,5-6H2,(H,21,22). The number of ether oxygens (including phenoxy) is 1. The van der Waals surface area contributed by atoms with E-state index in [9.17, 15) is 9.59 Å². The normalized spacial score (nSPS) is 10.3. The van der Waals surface area contributed by atoms with Crippen molar-refractivity contribution in [1.82, 2.24) is 5.32 Å². The third kappa shape index (κ3) is 5.02. The van der Waals surface area contributed by atoms with Crippen LogP contribution in [0, 0.1) is 0 Å². The van der Waals surface area contributed by atoms with Gasteiger partial charge in [0.15, 0.2) is 0 Å². The molecule has 4 nitrogen and oxygen atoms in total. The molecule has 0 aromatic heterocycles. The van der Waals surface area contributed by atoms with Crippen LogP contribution in [0.25, 0.3) is 0 Å². The number of amides is 1. The van der Waals surface area contributed by atoms with Crippen LogP contribution in [0.5, 0.6) is 0 Å². The topological polar surface area (TPSA) is 55.4 Å². The molecule has 0 aliphatic rings. The second-order valence-electron chi connectivity index (χ2n) is 4.64. The number of nitrogens with one attached hydrogen (secondary N) is 1. The summed E-state index contributed by atoms with van der Waals surface area (Å²) in [6.45, 7) is 0.101. The average molecular weight is 407 g/mol. The fraction of sp³-hybridized carbons (Fsp3) is 0.125.